The maximum absolute atomic E-state index is 10.6. The smallest absolute Gasteiger partial charge is 0.335 e. The number of aryl methyl sites for hydroxylation is 1. The Morgan fingerprint density at radius 1 is 0.970 bits per heavy atom. The van der Waals surface area contributed by atoms with Crippen LogP contribution in [0, 0.1) is 6.92 Å². The number of anilines is 2. The lowest BCUT2D eigenvalue weighted by Gasteiger charge is -2.22. The van der Waals surface area contributed by atoms with Gasteiger partial charge in [-0.1, -0.05) is 48.0 Å². The lowest BCUT2D eigenvalue weighted by atomic mass is 10.1. The number of para-hydroxylation sites is 2. The number of aromatic nitrogens is 1. The molecule has 3 aromatic carbocycles. The van der Waals surface area contributed by atoms with Crippen molar-refractivity contribution in [2.45, 2.75) is 13.3 Å². The summed E-state index contributed by atoms with van der Waals surface area (Å²) in [5.74, 6) is -2.23. The molecule has 0 bridgehead atoms. The van der Waals surface area contributed by atoms with Crippen LogP contribution in [0.3, 0.4) is 0 Å². The number of hydrogen-bond acceptors (Lipinski definition) is 4. The van der Waals surface area contributed by atoms with E-state index in [2.05, 4.69) is 34.1 Å². The zero-order chi connectivity index (χ0) is 23.5. The van der Waals surface area contributed by atoms with Crippen molar-refractivity contribution in [3.8, 4) is 0 Å². The molecule has 0 saturated heterocycles. The Morgan fingerprint density at radius 3 is 2.42 bits per heavy atom. The number of halogens is 1. The van der Waals surface area contributed by atoms with Crippen LogP contribution in [0.15, 0.2) is 72.9 Å². The molecular weight excluding hydrogens is 440 g/mol. The summed E-state index contributed by atoms with van der Waals surface area (Å²) in [5.41, 5.74) is 5.22. The number of carbonyl (C=O) groups is 2. The van der Waals surface area contributed by atoms with Crippen LogP contribution in [0.2, 0.25) is 5.02 Å². The highest BCUT2D eigenvalue weighted by atomic mass is 35.5. The Hall–Kier alpha value is -3.90. The number of aromatic carboxylic acids is 2. The van der Waals surface area contributed by atoms with Gasteiger partial charge in [-0.05, 0) is 54.8 Å². The lowest BCUT2D eigenvalue weighted by Crippen LogP contribution is -2.13. The van der Waals surface area contributed by atoms with Crippen LogP contribution in [0.4, 0.5) is 11.4 Å². The molecule has 0 saturated carbocycles. The number of nitrogens with zero attached hydrogens (tertiary/aromatic N) is 2. The van der Waals surface area contributed by atoms with Crippen molar-refractivity contribution in [1.82, 2.24) is 4.98 Å². The van der Waals surface area contributed by atoms with E-state index >= 15 is 0 Å². The van der Waals surface area contributed by atoms with E-state index in [1.807, 2.05) is 30.5 Å². The topological polar surface area (TPSA) is 90.7 Å². The summed E-state index contributed by atoms with van der Waals surface area (Å²) in [6.45, 7) is 2.57. The molecule has 2 heterocycles. The van der Waals surface area contributed by atoms with E-state index in [1.54, 1.807) is 6.92 Å². The van der Waals surface area contributed by atoms with E-state index in [-0.39, 0.29) is 11.1 Å². The maximum Gasteiger partial charge on any atom is 0.335 e. The second-order valence-electron chi connectivity index (χ2n) is 7.64. The number of benzene rings is 3. The third kappa shape index (κ3) is 4.52. The zero-order valence-electron chi connectivity index (χ0n) is 17.8. The van der Waals surface area contributed by atoms with Gasteiger partial charge >= 0.3 is 11.9 Å². The lowest BCUT2D eigenvalue weighted by molar-refractivity contribution is 0.0695. The first-order chi connectivity index (χ1) is 15.9. The normalized spacial score (nSPS) is 12.1. The van der Waals surface area contributed by atoms with Crippen molar-refractivity contribution in [2.75, 3.05) is 11.4 Å². The second-order valence-corrected chi connectivity index (χ2v) is 8.05. The minimum absolute atomic E-state index is 0.0111. The van der Waals surface area contributed by atoms with Crippen LogP contribution in [-0.2, 0) is 6.42 Å². The van der Waals surface area contributed by atoms with E-state index in [0.717, 1.165) is 35.3 Å². The predicted molar refractivity (Wildman–Crippen MR) is 129 cm³/mol. The van der Waals surface area contributed by atoms with Crippen molar-refractivity contribution in [2.24, 2.45) is 0 Å². The molecule has 166 valence electrons. The third-order valence-electron chi connectivity index (χ3n) is 5.56. The van der Waals surface area contributed by atoms with Crippen LogP contribution in [0.1, 0.15) is 31.8 Å². The van der Waals surface area contributed by atoms with Crippen LogP contribution in [-0.4, -0.2) is 33.7 Å². The minimum atomic E-state index is -1.12. The summed E-state index contributed by atoms with van der Waals surface area (Å²) in [6.07, 6.45) is 3.01. The highest BCUT2D eigenvalue weighted by molar-refractivity contribution is 6.33. The summed E-state index contributed by atoms with van der Waals surface area (Å²) in [6, 6.07) is 20.3. The number of rotatable bonds is 3. The second kappa shape index (κ2) is 9.30. The highest BCUT2D eigenvalue weighted by Crippen LogP contribution is 2.41. The third-order valence-corrected chi connectivity index (χ3v) is 5.88. The number of fused-ring (bicyclic) bond motifs is 3. The van der Waals surface area contributed by atoms with Gasteiger partial charge in [0.25, 0.3) is 0 Å². The minimum Gasteiger partial charge on any atom is -0.478 e. The van der Waals surface area contributed by atoms with Crippen molar-refractivity contribution in [1.29, 1.82) is 0 Å². The standard InChI is InChI=1S/C17H13ClN2.C9H8O4/c18-14-6-2-4-8-16(14)20-10-9-12-11-19-15-7-3-1-5-13(15)17(12)20;1-5-2-3-6(8(10)11)4-7(5)9(12)13/h1-8,11H,9-10H2;2-4H,1H3,(H,10,11)(H,12,13). The Balaban J connectivity index is 0.000000174. The van der Waals surface area contributed by atoms with E-state index in [4.69, 9.17) is 21.8 Å². The van der Waals surface area contributed by atoms with Gasteiger partial charge in [0.15, 0.2) is 0 Å². The van der Waals surface area contributed by atoms with Gasteiger partial charge < -0.3 is 15.1 Å². The summed E-state index contributed by atoms with van der Waals surface area (Å²) >= 11 is 6.36. The molecule has 33 heavy (non-hydrogen) atoms. The van der Waals surface area contributed by atoms with Gasteiger partial charge in [-0.2, -0.15) is 0 Å². The molecule has 1 aliphatic heterocycles. The average molecular weight is 461 g/mol. The highest BCUT2D eigenvalue weighted by Gasteiger charge is 2.24. The van der Waals surface area contributed by atoms with Crippen LogP contribution in [0.25, 0.3) is 10.9 Å². The summed E-state index contributed by atoms with van der Waals surface area (Å²) in [5, 5.41) is 19.3. The van der Waals surface area contributed by atoms with Crippen molar-refractivity contribution >= 4 is 45.8 Å². The molecule has 0 aliphatic carbocycles. The van der Waals surface area contributed by atoms with E-state index in [0.29, 0.717) is 5.56 Å². The number of carboxylic acid groups (broad SMARTS) is 2. The molecular formula is C26H21ClN2O4. The average Bonchev–Trinajstić information content (AvgIpc) is 3.24. The van der Waals surface area contributed by atoms with Crippen molar-refractivity contribution in [3.63, 3.8) is 0 Å². The number of hydrogen-bond donors (Lipinski definition) is 2. The summed E-state index contributed by atoms with van der Waals surface area (Å²) < 4.78 is 0. The van der Waals surface area contributed by atoms with Crippen molar-refractivity contribution < 1.29 is 19.8 Å². The van der Waals surface area contributed by atoms with E-state index in [1.165, 1.54) is 28.8 Å². The van der Waals surface area contributed by atoms with Gasteiger partial charge in [-0.15, -0.1) is 0 Å². The van der Waals surface area contributed by atoms with Crippen molar-refractivity contribution in [3.05, 3.63) is 100 Å². The van der Waals surface area contributed by atoms with Crippen LogP contribution < -0.4 is 4.90 Å². The van der Waals surface area contributed by atoms with Gasteiger partial charge in [0, 0.05) is 18.1 Å². The summed E-state index contributed by atoms with van der Waals surface area (Å²) in [4.78, 5) is 27.9. The van der Waals surface area contributed by atoms with Gasteiger partial charge in [0.05, 0.1) is 33.0 Å². The fraction of sp³-hybridized carbons (Fsp3) is 0.115. The SMILES string of the molecule is Cc1ccc(C(=O)O)cc1C(=O)O.Clc1ccccc1N1CCc2cnc3ccccc3c21. The largest absolute Gasteiger partial charge is 0.478 e. The maximum atomic E-state index is 10.6. The monoisotopic (exact) mass is 460 g/mol. The number of carboxylic acids is 2. The first-order valence-corrected chi connectivity index (χ1v) is 10.7. The van der Waals surface area contributed by atoms with Gasteiger partial charge in [-0.3, -0.25) is 4.98 Å². The predicted octanol–water partition coefficient (Wildman–Crippen LogP) is 5.97. The Bertz CT molecular complexity index is 1370. The van der Waals surface area contributed by atoms with Crippen LogP contribution >= 0.6 is 11.6 Å². The first-order valence-electron chi connectivity index (χ1n) is 10.3. The quantitative estimate of drug-likeness (QED) is 0.391. The van der Waals surface area contributed by atoms with Gasteiger partial charge in [0.2, 0.25) is 0 Å². The Morgan fingerprint density at radius 2 is 1.70 bits per heavy atom. The first kappa shape index (κ1) is 22.3. The summed E-state index contributed by atoms with van der Waals surface area (Å²) in [7, 11) is 0. The number of pyridine rings is 1. The van der Waals surface area contributed by atoms with E-state index in [9.17, 15) is 9.59 Å². The molecule has 0 radical (unpaired) electrons. The molecule has 2 N–H and O–H groups in total. The molecule has 4 aromatic rings. The zero-order valence-corrected chi connectivity index (χ0v) is 18.6. The molecule has 0 spiro atoms. The van der Waals surface area contributed by atoms with E-state index < -0.39 is 11.9 Å². The molecule has 0 atom stereocenters. The molecule has 6 nitrogen and oxygen atoms in total. The van der Waals surface area contributed by atoms with Crippen LogP contribution in [0.5, 0.6) is 0 Å². The molecule has 0 fully saturated rings. The Kier molecular flexibility index (Phi) is 6.29. The van der Waals surface area contributed by atoms with Gasteiger partial charge in [-0.25, -0.2) is 9.59 Å². The molecule has 7 heteroatoms. The Labute approximate surface area is 195 Å². The molecule has 0 amide bonds. The fourth-order valence-electron chi connectivity index (χ4n) is 3.91. The molecule has 0 unspecified atom stereocenters. The molecule has 1 aromatic heterocycles. The fourth-order valence-corrected chi connectivity index (χ4v) is 4.15. The van der Waals surface area contributed by atoms with Gasteiger partial charge in [0.1, 0.15) is 0 Å². The molecule has 1 aliphatic rings. The molecule has 5 rings (SSSR count).